The lowest BCUT2D eigenvalue weighted by Gasteiger charge is -2.14. The third-order valence-corrected chi connectivity index (χ3v) is 3.22. The Balaban J connectivity index is 1.82. The van der Waals surface area contributed by atoms with Crippen LogP contribution in [-0.4, -0.2) is 35.1 Å². The maximum Gasteiger partial charge on any atom is 0.414 e. The quantitative estimate of drug-likeness (QED) is 0.493. The molecular weight excluding hydrogens is 291 g/mol. The highest BCUT2D eigenvalue weighted by Gasteiger charge is 2.32. The van der Waals surface area contributed by atoms with Crippen molar-refractivity contribution in [1.82, 2.24) is 9.78 Å². The Hall–Kier alpha value is -3.06. The average Bonchev–Trinajstić information content (AvgIpc) is 3.14. The van der Waals surface area contributed by atoms with Crippen molar-refractivity contribution in [1.29, 1.82) is 0 Å². The second kappa shape index (κ2) is 5.74. The van der Waals surface area contributed by atoms with Gasteiger partial charge in [0.25, 0.3) is 0 Å². The minimum atomic E-state index is -0.593. The molecule has 2 aromatic rings. The number of aromatic nitrogens is 2. The van der Waals surface area contributed by atoms with E-state index < -0.39 is 18.0 Å². The van der Waals surface area contributed by atoms with E-state index in [1.165, 1.54) is 21.7 Å². The molecule has 1 fully saturated rings. The molecule has 1 aliphatic heterocycles. The van der Waals surface area contributed by atoms with Crippen LogP contribution in [0.15, 0.2) is 41.8 Å². The van der Waals surface area contributed by atoms with E-state index >= 15 is 0 Å². The van der Waals surface area contributed by atoms with Gasteiger partial charge in [-0.1, -0.05) is 5.11 Å². The number of hydrogen-bond donors (Lipinski definition) is 0. The first-order chi connectivity index (χ1) is 10.7. The predicted molar refractivity (Wildman–Crippen MR) is 75.2 cm³/mol. The van der Waals surface area contributed by atoms with Crippen LogP contribution >= 0.6 is 0 Å². The Labute approximate surface area is 124 Å². The normalized spacial score (nSPS) is 17.2. The molecule has 2 heterocycles. The van der Waals surface area contributed by atoms with Gasteiger partial charge in [-0.25, -0.2) is 13.9 Å². The molecule has 0 unspecified atom stereocenters. The second-order valence-electron chi connectivity index (χ2n) is 4.62. The summed E-state index contributed by atoms with van der Waals surface area (Å²) in [6.45, 7) is 0.255. The van der Waals surface area contributed by atoms with Crippen molar-refractivity contribution in [2.75, 3.05) is 18.0 Å². The zero-order valence-electron chi connectivity index (χ0n) is 11.3. The van der Waals surface area contributed by atoms with Crippen molar-refractivity contribution in [2.24, 2.45) is 5.11 Å². The SMILES string of the molecule is [N-]=[N+]=NC[C@@H]1CN(c2ccc(-n3cccn3)c(F)c2)C(=O)O1. The number of rotatable bonds is 4. The number of nitrogens with zero attached hydrogens (tertiary/aromatic N) is 6. The molecular formula is C13H11FN6O2. The fourth-order valence-electron chi connectivity index (χ4n) is 2.22. The molecule has 0 spiro atoms. The number of halogens is 1. The Morgan fingerprint density at radius 3 is 3.09 bits per heavy atom. The molecule has 1 saturated heterocycles. The molecule has 1 aromatic carbocycles. The number of cyclic esters (lactones) is 1. The van der Waals surface area contributed by atoms with Crippen molar-refractivity contribution in [2.45, 2.75) is 6.10 Å². The van der Waals surface area contributed by atoms with Crippen molar-refractivity contribution < 1.29 is 13.9 Å². The van der Waals surface area contributed by atoms with Gasteiger partial charge in [0.1, 0.15) is 11.8 Å². The van der Waals surface area contributed by atoms with Crippen LogP contribution < -0.4 is 4.90 Å². The van der Waals surface area contributed by atoms with E-state index in [0.29, 0.717) is 5.69 Å². The molecule has 112 valence electrons. The standard InChI is InChI=1S/C13H11FN6O2/c14-11-6-9(2-3-12(11)20-5-1-4-17-20)19-8-10(7-16-18-15)22-13(19)21/h1-6,10H,7-8H2/t10-/m1/s1. The van der Waals surface area contributed by atoms with E-state index in [0.717, 1.165) is 0 Å². The highest BCUT2D eigenvalue weighted by Crippen LogP contribution is 2.25. The topological polar surface area (TPSA) is 96.1 Å². The van der Waals surface area contributed by atoms with Crippen molar-refractivity contribution >= 4 is 11.8 Å². The molecule has 1 aliphatic rings. The number of benzene rings is 1. The number of hydrogen-bond acceptors (Lipinski definition) is 4. The lowest BCUT2D eigenvalue weighted by Crippen LogP contribution is -2.25. The zero-order chi connectivity index (χ0) is 15.5. The molecule has 0 saturated carbocycles. The Morgan fingerprint density at radius 1 is 1.55 bits per heavy atom. The number of anilines is 1. The number of azide groups is 1. The molecule has 0 N–H and O–H groups in total. The van der Waals surface area contributed by atoms with E-state index in [1.54, 1.807) is 24.5 Å². The molecule has 0 aliphatic carbocycles. The largest absolute Gasteiger partial charge is 0.444 e. The van der Waals surface area contributed by atoms with E-state index in [2.05, 4.69) is 15.1 Å². The van der Waals surface area contributed by atoms with Crippen LogP contribution in [0.25, 0.3) is 16.1 Å². The van der Waals surface area contributed by atoms with E-state index in [-0.39, 0.29) is 18.8 Å². The van der Waals surface area contributed by atoms with E-state index in [4.69, 9.17) is 10.3 Å². The summed E-state index contributed by atoms with van der Waals surface area (Å²) in [5, 5.41) is 7.33. The van der Waals surface area contributed by atoms with Crippen molar-refractivity contribution in [3.63, 3.8) is 0 Å². The monoisotopic (exact) mass is 302 g/mol. The van der Waals surface area contributed by atoms with Gasteiger partial charge >= 0.3 is 6.09 Å². The predicted octanol–water partition coefficient (Wildman–Crippen LogP) is 2.65. The van der Waals surface area contributed by atoms with Crippen LogP contribution in [0.5, 0.6) is 0 Å². The molecule has 0 bridgehead atoms. The van der Waals surface area contributed by atoms with Crippen LogP contribution in [-0.2, 0) is 4.74 Å². The first-order valence-corrected chi connectivity index (χ1v) is 6.47. The summed E-state index contributed by atoms with van der Waals surface area (Å²) >= 11 is 0. The maximum absolute atomic E-state index is 14.2. The fourth-order valence-corrected chi connectivity index (χ4v) is 2.22. The molecule has 1 aromatic heterocycles. The highest BCUT2D eigenvalue weighted by molar-refractivity contribution is 5.89. The molecule has 1 atom stereocenters. The van der Waals surface area contributed by atoms with Gasteiger partial charge in [0.15, 0.2) is 5.82 Å². The number of amides is 1. The minimum Gasteiger partial charge on any atom is -0.444 e. The van der Waals surface area contributed by atoms with Crippen LogP contribution in [0.1, 0.15) is 0 Å². The van der Waals surface area contributed by atoms with Crippen molar-refractivity contribution in [3.8, 4) is 5.69 Å². The number of carbonyl (C=O) groups excluding carboxylic acids is 1. The van der Waals surface area contributed by atoms with Crippen LogP contribution in [0, 0.1) is 5.82 Å². The third kappa shape index (κ3) is 2.57. The van der Waals surface area contributed by atoms with E-state index in [9.17, 15) is 9.18 Å². The second-order valence-corrected chi connectivity index (χ2v) is 4.62. The molecule has 8 nitrogen and oxygen atoms in total. The zero-order valence-corrected chi connectivity index (χ0v) is 11.3. The lowest BCUT2D eigenvalue weighted by atomic mass is 10.2. The van der Waals surface area contributed by atoms with E-state index in [1.807, 2.05) is 0 Å². The Morgan fingerprint density at radius 2 is 2.41 bits per heavy atom. The van der Waals surface area contributed by atoms with Gasteiger partial charge in [0.2, 0.25) is 0 Å². The summed E-state index contributed by atoms with van der Waals surface area (Å²) in [6.07, 6.45) is 2.05. The number of ether oxygens (including phenoxy) is 1. The average molecular weight is 302 g/mol. The first-order valence-electron chi connectivity index (χ1n) is 6.47. The van der Waals surface area contributed by atoms with Crippen LogP contribution in [0.3, 0.4) is 0 Å². The van der Waals surface area contributed by atoms with Crippen LogP contribution in [0.2, 0.25) is 0 Å². The van der Waals surface area contributed by atoms with Gasteiger partial charge in [-0.15, -0.1) is 0 Å². The Kier molecular flexibility index (Phi) is 3.63. The molecule has 3 rings (SSSR count). The molecule has 22 heavy (non-hydrogen) atoms. The molecule has 0 radical (unpaired) electrons. The summed E-state index contributed by atoms with van der Waals surface area (Å²) in [7, 11) is 0. The molecule has 9 heteroatoms. The maximum atomic E-state index is 14.2. The fraction of sp³-hybridized carbons (Fsp3) is 0.231. The summed E-state index contributed by atoms with van der Waals surface area (Å²) < 4.78 is 20.6. The van der Waals surface area contributed by atoms with Gasteiger partial charge in [0.05, 0.1) is 18.8 Å². The third-order valence-electron chi connectivity index (χ3n) is 3.22. The summed E-state index contributed by atoms with van der Waals surface area (Å²) in [5.41, 5.74) is 8.94. The Bertz CT molecular complexity index is 741. The van der Waals surface area contributed by atoms with Crippen molar-refractivity contribution in [3.05, 3.63) is 52.9 Å². The van der Waals surface area contributed by atoms with Gasteiger partial charge in [0, 0.05) is 17.3 Å². The highest BCUT2D eigenvalue weighted by atomic mass is 19.1. The van der Waals surface area contributed by atoms with Gasteiger partial charge in [-0.3, -0.25) is 4.90 Å². The van der Waals surface area contributed by atoms with Gasteiger partial charge in [-0.2, -0.15) is 5.10 Å². The smallest absolute Gasteiger partial charge is 0.414 e. The van der Waals surface area contributed by atoms with Gasteiger partial charge < -0.3 is 4.74 Å². The van der Waals surface area contributed by atoms with Gasteiger partial charge in [-0.05, 0) is 29.8 Å². The molecule has 1 amide bonds. The minimum absolute atomic E-state index is 0.0482. The lowest BCUT2D eigenvalue weighted by molar-refractivity contribution is 0.145. The summed E-state index contributed by atoms with van der Waals surface area (Å²) in [4.78, 5) is 15.7. The first kappa shape index (κ1) is 13.9. The number of carbonyl (C=O) groups is 1. The summed E-state index contributed by atoms with van der Waals surface area (Å²) in [5.74, 6) is -0.507. The van der Waals surface area contributed by atoms with Crippen LogP contribution in [0.4, 0.5) is 14.9 Å². The summed E-state index contributed by atoms with van der Waals surface area (Å²) in [6, 6.07) is 6.07.